The molecule has 0 radical (unpaired) electrons. The molecule has 3 aliphatic rings. The zero-order valence-electron chi connectivity index (χ0n) is 18.5. The molecule has 2 fully saturated rings. The van der Waals surface area contributed by atoms with E-state index in [1.165, 1.54) is 6.20 Å². The van der Waals surface area contributed by atoms with Gasteiger partial charge in [-0.15, -0.1) is 0 Å². The molecular formula is C24H29N4O4P. The van der Waals surface area contributed by atoms with E-state index in [2.05, 4.69) is 23.4 Å². The van der Waals surface area contributed by atoms with Crippen LogP contribution < -0.4 is 15.3 Å². The van der Waals surface area contributed by atoms with Crippen molar-refractivity contribution in [3.05, 3.63) is 76.8 Å². The van der Waals surface area contributed by atoms with E-state index in [9.17, 15) is 14.4 Å². The third-order valence-electron chi connectivity index (χ3n) is 6.57. The van der Waals surface area contributed by atoms with Crippen molar-refractivity contribution in [2.45, 2.75) is 38.0 Å². The Kier molecular flexibility index (Phi) is 6.96. The number of nitrogens with zero attached hydrogens (tertiary/aromatic N) is 3. The maximum atomic E-state index is 13.3. The highest BCUT2D eigenvalue weighted by Crippen LogP contribution is 2.34. The monoisotopic (exact) mass is 468 g/mol. The minimum Gasteiger partial charge on any atom is -0.474 e. The summed E-state index contributed by atoms with van der Waals surface area (Å²) in [5, 5.41) is 2.76. The van der Waals surface area contributed by atoms with Crippen LogP contribution in [0.25, 0.3) is 0 Å². The Morgan fingerprint density at radius 3 is 2.79 bits per heavy atom. The van der Waals surface area contributed by atoms with Crippen molar-refractivity contribution in [1.29, 1.82) is 0 Å². The zero-order chi connectivity index (χ0) is 23.5. The molecule has 1 aromatic rings. The molecule has 1 aromatic heterocycles. The lowest BCUT2D eigenvalue weighted by Crippen LogP contribution is -2.62. The zero-order valence-corrected chi connectivity index (χ0v) is 19.7. The molecule has 33 heavy (non-hydrogen) atoms. The highest BCUT2D eigenvalue weighted by molar-refractivity contribution is 7.10. The normalized spacial score (nSPS) is 22.5. The van der Waals surface area contributed by atoms with Gasteiger partial charge in [0.25, 0.3) is 11.8 Å². The summed E-state index contributed by atoms with van der Waals surface area (Å²) in [7, 11) is 2.03. The van der Waals surface area contributed by atoms with Gasteiger partial charge in [0.2, 0.25) is 5.43 Å². The number of carbonyl (C=O) groups excluding carboxylic acids is 2. The molecule has 0 saturated carbocycles. The molecule has 0 bridgehead atoms. The molecule has 1 unspecified atom stereocenters. The second kappa shape index (κ2) is 9.89. The maximum Gasteiger partial charge on any atom is 0.275 e. The van der Waals surface area contributed by atoms with Gasteiger partial charge in [-0.2, -0.15) is 0 Å². The summed E-state index contributed by atoms with van der Waals surface area (Å²) >= 11 is 0. The highest BCUT2D eigenvalue weighted by atomic mass is 31.0. The van der Waals surface area contributed by atoms with Crippen molar-refractivity contribution in [2.75, 3.05) is 19.6 Å². The Bertz CT molecular complexity index is 1110. The summed E-state index contributed by atoms with van der Waals surface area (Å²) in [6.07, 6.45) is 13.2. The van der Waals surface area contributed by atoms with Gasteiger partial charge in [-0.3, -0.25) is 19.3 Å². The van der Waals surface area contributed by atoms with Crippen molar-refractivity contribution >= 4 is 21.3 Å². The molecule has 3 aliphatic heterocycles. The number of aromatic nitrogens is 1. The van der Waals surface area contributed by atoms with Crippen LogP contribution in [0.1, 0.15) is 40.1 Å². The fourth-order valence-electron chi connectivity index (χ4n) is 4.94. The molecule has 0 aromatic carbocycles. The number of hydrogen-bond donors (Lipinski definition) is 1. The number of allylic oxidation sites excluding steroid dienone is 4. The van der Waals surface area contributed by atoms with Gasteiger partial charge < -0.3 is 19.3 Å². The standard InChI is InChI=1S/C24H29N4O4P/c1-3-5-6-8-16(4-2)13-25-23(30)18-14-26-15-19-27-11-7-9-17(27)10-12-28(19)24(31)20(26)22(32-33)21(18)29/h3-6,8,14,17,19H,1-2,7,9-13,15,33H2,(H,25,30)/b6-5-,16-8+/t17-,19-/m0/s1. The van der Waals surface area contributed by atoms with Gasteiger partial charge in [0.05, 0.1) is 16.0 Å². The Hall–Kier alpha value is -2.96. The van der Waals surface area contributed by atoms with Crippen LogP contribution in [0.15, 0.2) is 60.1 Å². The van der Waals surface area contributed by atoms with Gasteiger partial charge in [0.15, 0.2) is 11.4 Å². The molecule has 4 rings (SSSR count). The summed E-state index contributed by atoms with van der Waals surface area (Å²) in [6.45, 7) is 9.67. The van der Waals surface area contributed by atoms with Crippen LogP contribution in [0.3, 0.4) is 0 Å². The summed E-state index contributed by atoms with van der Waals surface area (Å²) < 4.78 is 6.98. The molecule has 4 heterocycles. The van der Waals surface area contributed by atoms with Crippen LogP contribution in [-0.2, 0) is 6.54 Å². The molecule has 3 atom stereocenters. The van der Waals surface area contributed by atoms with Crippen LogP contribution in [0, 0.1) is 0 Å². The van der Waals surface area contributed by atoms with Gasteiger partial charge in [0.1, 0.15) is 11.7 Å². The highest BCUT2D eigenvalue weighted by Gasteiger charge is 2.45. The molecule has 8 nitrogen and oxygen atoms in total. The van der Waals surface area contributed by atoms with Gasteiger partial charge >= 0.3 is 0 Å². The molecule has 9 heteroatoms. The van der Waals surface area contributed by atoms with Crippen molar-refractivity contribution in [3.8, 4) is 5.75 Å². The first-order valence-electron chi connectivity index (χ1n) is 11.1. The molecule has 2 saturated heterocycles. The lowest BCUT2D eigenvalue weighted by Gasteiger charge is -2.48. The van der Waals surface area contributed by atoms with Crippen LogP contribution >= 0.6 is 9.47 Å². The molecule has 0 aliphatic carbocycles. The van der Waals surface area contributed by atoms with Gasteiger partial charge in [-0.1, -0.05) is 43.5 Å². The molecular weight excluding hydrogens is 439 g/mol. The lowest BCUT2D eigenvalue weighted by molar-refractivity contribution is -0.0209. The van der Waals surface area contributed by atoms with Crippen LogP contribution in [0.2, 0.25) is 0 Å². The fraction of sp³-hybridized carbons (Fsp3) is 0.375. The third kappa shape index (κ3) is 4.33. The van der Waals surface area contributed by atoms with Crippen molar-refractivity contribution < 1.29 is 14.1 Å². The number of rotatable bonds is 7. The number of pyridine rings is 1. The number of hydrogen-bond acceptors (Lipinski definition) is 5. The number of fused-ring (bicyclic) bond motifs is 4. The largest absolute Gasteiger partial charge is 0.474 e. The number of carbonyl (C=O) groups is 2. The Labute approximate surface area is 195 Å². The van der Waals surface area contributed by atoms with E-state index in [1.54, 1.807) is 34.9 Å². The smallest absolute Gasteiger partial charge is 0.275 e. The first-order chi connectivity index (χ1) is 16.0. The van der Waals surface area contributed by atoms with Crippen molar-refractivity contribution in [3.63, 3.8) is 0 Å². The molecule has 0 spiro atoms. The van der Waals surface area contributed by atoms with Crippen LogP contribution in [0.4, 0.5) is 0 Å². The first-order valence-corrected chi connectivity index (χ1v) is 11.6. The predicted octanol–water partition coefficient (Wildman–Crippen LogP) is 2.25. The summed E-state index contributed by atoms with van der Waals surface area (Å²) in [4.78, 5) is 43.6. The van der Waals surface area contributed by atoms with E-state index in [0.717, 1.165) is 31.4 Å². The summed E-state index contributed by atoms with van der Waals surface area (Å²) in [5.74, 6) is -0.881. The van der Waals surface area contributed by atoms with Gasteiger partial charge in [-0.05, 0) is 24.8 Å². The summed E-state index contributed by atoms with van der Waals surface area (Å²) in [6, 6.07) is 0.486. The van der Waals surface area contributed by atoms with Gasteiger partial charge in [-0.25, -0.2) is 0 Å². The van der Waals surface area contributed by atoms with E-state index in [4.69, 9.17) is 4.52 Å². The van der Waals surface area contributed by atoms with E-state index < -0.39 is 11.3 Å². The van der Waals surface area contributed by atoms with Crippen molar-refractivity contribution in [2.24, 2.45) is 0 Å². The minimum atomic E-state index is -0.604. The van der Waals surface area contributed by atoms with E-state index in [-0.39, 0.29) is 35.6 Å². The fourth-order valence-corrected chi connectivity index (χ4v) is 5.16. The van der Waals surface area contributed by atoms with Gasteiger partial charge in [0, 0.05) is 31.9 Å². The van der Waals surface area contributed by atoms with Crippen LogP contribution in [-0.4, -0.2) is 58.0 Å². The minimum absolute atomic E-state index is 0.0590. The second-order valence-electron chi connectivity index (χ2n) is 8.37. The quantitative estimate of drug-likeness (QED) is 0.490. The number of nitrogens with one attached hydrogen (secondary N) is 1. The topological polar surface area (TPSA) is 83.9 Å². The summed E-state index contributed by atoms with van der Waals surface area (Å²) in [5.41, 5.74) is 0.306. The Morgan fingerprint density at radius 1 is 1.24 bits per heavy atom. The third-order valence-corrected chi connectivity index (χ3v) is 6.80. The lowest BCUT2D eigenvalue weighted by atomic mass is 10.0. The predicted molar refractivity (Wildman–Crippen MR) is 130 cm³/mol. The van der Waals surface area contributed by atoms with E-state index >= 15 is 0 Å². The maximum absolute atomic E-state index is 13.3. The molecule has 1 N–H and O–H groups in total. The Balaban J connectivity index is 1.64. The number of amides is 2. The first kappa shape index (κ1) is 23.2. The Morgan fingerprint density at radius 2 is 2.06 bits per heavy atom. The average Bonchev–Trinajstić information content (AvgIpc) is 3.30. The molecule has 174 valence electrons. The van der Waals surface area contributed by atoms with Crippen molar-refractivity contribution in [1.82, 2.24) is 19.7 Å². The average molecular weight is 468 g/mol. The van der Waals surface area contributed by atoms with E-state index in [0.29, 0.717) is 19.1 Å². The van der Waals surface area contributed by atoms with E-state index in [1.807, 2.05) is 14.4 Å². The SMILES string of the molecule is C=C/C=C\C=C(/C=C)CNC(=O)c1cn2c(c(OP)c1=O)C(=O)N1CC[C@@H]3CCCN3[C@@H]1C2. The second-order valence-corrected chi connectivity index (χ2v) is 8.61. The van der Waals surface area contributed by atoms with Crippen LogP contribution in [0.5, 0.6) is 5.75 Å². The molecule has 2 amide bonds.